The lowest BCUT2D eigenvalue weighted by molar-refractivity contribution is 0.312. The van der Waals surface area contributed by atoms with E-state index in [0.29, 0.717) is 6.04 Å². The number of benzene rings is 2. The predicted molar refractivity (Wildman–Crippen MR) is 97.8 cm³/mol. The van der Waals surface area contributed by atoms with Crippen LogP contribution < -0.4 is 10.2 Å². The third-order valence-corrected chi connectivity index (χ3v) is 4.78. The molecule has 1 unspecified atom stereocenters. The van der Waals surface area contributed by atoms with Gasteiger partial charge in [0, 0.05) is 27.9 Å². The van der Waals surface area contributed by atoms with Crippen LogP contribution in [-0.2, 0) is 0 Å². The Morgan fingerprint density at radius 1 is 1.05 bits per heavy atom. The van der Waals surface area contributed by atoms with Crippen LogP contribution in [0.25, 0.3) is 0 Å². The van der Waals surface area contributed by atoms with Crippen LogP contribution in [0.4, 0.5) is 5.69 Å². The third kappa shape index (κ3) is 3.40. The number of anilines is 1. The summed E-state index contributed by atoms with van der Waals surface area (Å²) in [5.74, 6) is 0. The number of halogens is 1. The maximum Gasteiger partial charge on any atom is 0.0668 e. The monoisotopic (exact) mass is 392 g/mol. The number of nitrogens with one attached hydrogen (secondary N) is 1. The van der Waals surface area contributed by atoms with Gasteiger partial charge in [-0.2, -0.15) is 0 Å². The van der Waals surface area contributed by atoms with Gasteiger partial charge in [0.2, 0.25) is 0 Å². The largest absolute Gasteiger partial charge is 0.361 e. The van der Waals surface area contributed by atoms with E-state index in [4.69, 9.17) is 0 Å². The summed E-state index contributed by atoms with van der Waals surface area (Å²) in [5.41, 5.74) is 2.81. The van der Waals surface area contributed by atoms with Crippen molar-refractivity contribution >= 4 is 28.3 Å². The first-order valence-corrected chi connectivity index (χ1v) is 8.45. The van der Waals surface area contributed by atoms with Crippen molar-refractivity contribution in [3.63, 3.8) is 0 Å². The van der Waals surface area contributed by atoms with Gasteiger partial charge in [-0.3, -0.25) is 0 Å². The lowest BCUT2D eigenvalue weighted by atomic mass is 9.94. The standard InChI is InChI=1S/C18H21IN2/c1-18(2)13-21(16-10-8-15(19)9-11-16)17(12-20-18)14-6-4-3-5-7-14/h3-11,17,20H,12-13H2,1-2H3. The van der Waals surface area contributed by atoms with E-state index >= 15 is 0 Å². The molecule has 3 heteroatoms. The Hall–Kier alpha value is -1.07. The second-order valence-electron chi connectivity index (χ2n) is 6.30. The first kappa shape index (κ1) is 14.9. The minimum absolute atomic E-state index is 0.133. The van der Waals surface area contributed by atoms with Crippen LogP contribution >= 0.6 is 22.6 Å². The van der Waals surface area contributed by atoms with Crippen molar-refractivity contribution in [1.29, 1.82) is 0 Å². The predicted octanol–water partition coefficient (Wildman–Crippen LogP) is 4.22. The Bertz CT molecular complexity index is 592. The van der Waals surface area contributed by atoms with Gasteiger partial charge in [0.1, 0.15) is 0 Å². The maximum atomic E-state index is 3.67. The van der Waals surface area contributed by atoms with Crippen LogP contribution in [0.1, 0.15) is 25.5 Å². The molecule has 1 aliphatic rings. The summed E-state index contributed by atoms with van der Waals surface area (Å²) < 4.78 is 1.28. The van der Waals surface area contributed by atoms with Crippen molar-refractivity contribution < 1.29 is 0 Å². The Morgan fingerprint density at radius 3 is 2.38 bits per heavy atom. The number of rotatable bonds is 2. The van der Waals surface area contributed by atoms with E-state index in [0.717, 1.165) is 13.1 Å². The molecule has 0 radical (unpaired) electrons. The van der Waals surface area contributed by atoms with E-state index in [-0.39, 0.29) is 5.54 Å². The fourth-order valence-corrected chi connectivity index (χ4v) is 3.31. The second kappa shape index (κ2) is 5.97. The van der Waals surface area contributed by atoms with Gasteiger partial charge in [0.05, 0.1) is 6.04 Å². The molecule has 0 saturated carbocycles. The Labute approximate surface area is 140 Å². The molecule has 1 heterocycles. The minimum Gasteiger partial charge on any atom is -0.361 e. The fraction of sp³-hybridized carbons (Fsp3) is 0.333. The van der Waals surface area contributed by atoms with Crippen molar-refractivity contribution in [2.75, 3.05) is 18.0 Å². The summed E-state index contributed by atoms with van der Waals surface area (Å²) in [6.45, 7) is 6.53. The molecule has 2 aromatic rings. The molecule has 3 rings (SSSR count). The van der Waals surface area contributed by atoms with Gasteiger partial charge in [0.25, 0.3) is 0 Å². The van der Waals surface area contributed by atoms with Gasteiger partial charge in [-0.25, -0.2) is 0 Å². The smallest absolute Gasteiger partial charge is 0.0668 e. The van der Waals surface area contributed by atoms with Crippen LogP contribution in [-0.4, -0.2) is 18.6 Å². The van der Waals surface area contributed by atoms with Crippen molar-refractivity contribution in [3.8, 4) is 0 Å². The number of piperazine rings is 1. The lowest BCUT2D eigenvalue weighted by Gasteiger charge is -2.46. The molecule has 1 aliphatic heterocycles. The molecule has 0 aromatic heterocycles. The van der Waals surface area contributed by atoms with E-state index in [9.17, 15) is 0 Å². The quantitative estimate of drug-likeness (QED) is 0.770. The Morgan fingerprint density at radius 2 is 1.71 bits per heavy atom. The average Bonchev–Trinajstić information content (AvgIpc) is 2.48. The molecule has 21 heavy (non-hydrogen) atoms. The zero-order valence-corrected chi connectivity index (χ0v) is 14.7. The topological polar surface area (TPSA) is 15.3 Å². The third-order valence-electron chi connectivity index (χ3n) is 4.06. The van der Waals surface area contributed by atoms with Crippen LogP contribution in [0.2, 0.25) is 0 Å². The summed E-state index contributed by atoms with van der Waals surface area (Å²) in [5, 5.41) is 3.67. The van der Waals surface area contributed by atoms with E-state index in [2.05, 4.69) is 101 Å². The second-order valence-corrected chi connectivity index (χ2v) is 7.54. The Balaban J connectivity index is 1.96. The highest BCUT2D eigenvalue weighted by Gasteiger charge is 2.33. The summed E-state index contributed by atoms with van der Waals surface area (Å²) >= 11 is 2.36. The molecule has 1 N–H and O–H groups in total. The summed E-state index contributed by atoms with van der Waals surface area (Å²) in [4.78, 5) is 2.53. The van der Waals surface area contributed by atoms with E-state index in [1.807, 2.05) is 0 Å². The molecule has 0 bridgehead atoms. The number of hydrogen-bond donors (Lipinski definition) is 1. The van der Waals surface area contributed by atoms with Gasteiger partial charge in [-0.05, 0) is 66.3 Å². The highest BCUT2D eigenvalue weighted by atomic mass is 127. The SMILES string of the molecule is CC1(C)CN(c2ccc(I)cc2)C(c2ccccc2)CN1. The van der Waals surface area contributed by atoms with Crippen molar-refractivity contribution in [2.45, 2.75) is 25.4 Å². The lowest BCUT2D eigenvalue weighted by Crippen LogP contribution is -2.58. The van der Waals surface area contributed by atoms with Gasteiger partial charge < -0.3 is 10.2 Å². The van der Waals surface area contributed by atoms with Crippen LogP contribution in [0, 0.1) is 3.57 Å². The van der Waals surface area contributed by atoms with Crippen LogP contribution in [0.5, 0.6) is 0 Å². The molecule has 0 aliphatic carbocycles. The molecule has 1 fully saturated rings. The van der Waals surface area contributed by atoms with E-state index in [1.165, 1.54) is 14.8 Å². The molecule has 110 valence electrons. The maximum absolute atomic E-state index is 3.67. The van der Waals surface area contributed by atoms with Crippen LogP contribution in [0.15, 0.2) is 54.6 Å². The molecular formula is C18H21IN2. The van der Waals surface area contributed by atoms with Crippen molar-refractivity contribution in [3.05, 3.63) is 63.7 Å². The summed E-state index contributed by atoms with van der Waals surface area (Å²) in [6.07, 6.45) is 0. The molecule has 2 aromatic carbocycles. The van der Waals surface area contributed by atoms with Gasteiger partial charge in [-0.1, -0.05) is 30.3 Å². The molecule has 1 saturated heterocycles. The molecule has 0 amide bonds. The highest BCUT2D eigenvalue weighted by Crippen LogP contribution is 2.32. The van der Waals surface area contributed by atoms with Gasteiger partial charge in [-0.15, -0.1) is 0 Å². The highest BCUT2D eigenvalue weighted by molar-refractivity contribution is 14.1. The molecule has 2 nitrogen and oxygen atoms in total. The number of hydrogen-bond acceptors (Lipinski definition) is 2. The minimum atomic E-state index is 0.133. The van der Waals surface area contributed by atoms with E-state index < -0.39 is 0 Å². The fourth-order valence-electron chi connectivity index (χ4n) is 2.95. The molecule has 0 spiro atoms. The summed E-state index contributed by atoms with van der Waals surface area (Å²) in [7, 11) is 0. The van der Waals surface area contributed by atoms with Gasteiger partial charge >= 0.3 is 0 Å². The average molecular weight is 392 g/mol. The molecule has 1 atom stereocenters. The molecular weight excluding hydrogens is 371 g/mol. The Kier molecular flexibility index (Phi) is 4.22. The van der Waals surface area contributed by atoms with Crippen molar-refractivity contribution in [2.24, 2.45) is 0 Å². The van der Waals surface area contributed by atoms with E-state index in [1.54, 1.807) is 0 Å². The summed E-state index contributed by atoms with van der Waals surface area (Å²) in [6, 6.07) is 20.0. The van der Waals surface area contributed by atoms with Crippen molar-refractivity contribution in [1.82, 2.24) is 5.32 Å². The van der Waals surface area contributed by atoms with Gasteiger partial charge in [0.15, 0.2) is 0 Å². The normalized spacial score (nSPS) is 21.3. The zero-order chi connectivity index (χ0) is 14.9. The zero-order valence-electron chi connectivity index (χ0n) is 12.5. The first-order chi connectivity index (χ1) is 10.1. The van der Waals surface area contributed by atoms with Crippen LogP contribution in [0.3, 0.4) is 0 Å². The number of nitrogens with zero attached hydrogens (tertiary/aromatic N) is 1. The first-order valence-electron chi connectivity index (χ1n) is 7.37.